The number of nitrogens with zero attached hydrogens (tertiary/aromatic N) is 1. The third-order valence-electron chi connectivity index (χ3n) is 2.17. The molecule has 2 rings (SSSR count). The van der Waals surface area contributed by atoms with Crippen molar-refractivity contribution in [2.75, 3.05) is 7.11 Å². The number of methoxy groups -OCH3 is 1. The van der Waals surface area contributed by atoms with Crippen LogP contribution >= 0.6 is 11.3 Å². The first-order chi connectivity index (χ1) is 7.70. The van der Waals surface area contributed by atoms with Crippen LogP contribution in [0.5, 0.6) is 5.75 Å². The van der Waals surface area contributed by atoms with Crippen molar-refractivity contribution in [2.45, 2.75) is 6.92 Å². The predicted octanol–water partition coefficient (Wildman–Crippen LogP) is 3.02. The van der Waals surface area contributed by atoms with E-state index in [0.29, 0.717) is 5.01 Å². The molecule has 0 bridgehead atoms. The fourth-order valence-electron chi connectivity index (χ4n) is 1.35. The molecule has 0 saturated carbocycles. The van der Waals surface area contributed by atoms with E-state index >= 15 is 0 Å². The van der Waals surface area contributed by atoms with Crippen LogP contribution in [-0.2, 0) is 0 Å². The average molecular weight is 233 g/mol. The number of thiazole rings is 1. The van der Waals surface area contributed by atoms with Crippen LogP contribution in [0, 0.1) is 0 Å². The van der Waals surface area contributed by atoms with E-state index in [1.54, 1.807) is 7.11 Å². The molecule has 16 heavy (non-hydrogen) atoms. The second-order valence-corrected chi connectivity index (χ2v) is 4.18. The molecule has 0 spiro atoms. The summed E-state index contributed by atoms with van der Waals surface area (Å²) in [6.07, 6.45) is 0. The quantitative estimate of drug-likeness (QED) is 0.765. The summed E-state index contributed by atoms with van der Waals surface area (Å²) in [6, 6.07) is 7.63. The maximum Gasteiger partial charge on any atom is 0.188 e. The zero-order valence-electron chi connectivity index (χ0n) is 9.06. The molecule has 82 valence electrons. The molecule has 1 aromatic heterocycles. The van der Waals surface area contributed by atoms with Crippen molar-refractivity contribution in [1.82, 2.24) is 4.98 Å². The Labute approximate surface area is 97.7 Å². The molecule has 0 aliphatic heterocycles. The van der Waals surface area contributed by atoms with Crippen molar-refractivity contribution in [3.8, 4) is 17.0 Å². The van der Waals surface area contributed by atoms with Gasteiger partial charge in [0.05, 0.1) is 12.8 Å². The third kappa shape index (κ3) is 2.12. The second kappa shape index (κ2) is 4.45. The maximum atomic E-state index is 11.1. The van der Waals surface area contributed by atoms with Crippen molar-refractivity contribution in [1.29, 1.82) is 0 Å². The van der Waals surface area contributed by atoms with Gasteiger partial charge in [-0.05, 0) is 12.1 Å². The Hall–Kier alpha value is -1.68. The molecular weight excluding hydrogens is 222 g/mol. The molecule has 0 fully saturated rings. The first kappa shape index (κ1) is 10.8. The monoisotopic (exact) mass is 233 g/mol. The summed E-state index contributed by atoms with van der Waals surface area (Å²) in [4.78, 5) is 15.4. The molecule has 0 atom stereocenters. The second-order valence-electron chi connectivity index (χ2n) is 3.33. The van der Waals surface area contributed by atoms with Gasteiger partial charge in [0.25, 0.3) is 0 Å². The lowest BCUT2D eigenvalue weighted by Crippen LogP contribution is -1.90. The summed E-state index contributed by atoms with van der Waals surface area (Å²) in [6.45, 7) is 1.52. The molecule has 1 aromatic carbocycles. The zero-order chi connectivity index (χ0) is 11.5. The van der Waals surface area contributed by atoms with E-state index < -0.39 is 0 Å². The Bertz CT molecular complexity index is 519. The van der Waals surface area contributed by atoms with Crippen molar-refractivity contribution in [3.05, 3.63) is 34.7 Å². The minimum absolute atomic E-state index is 0.000791. The van der Waals surface area contributed by atoms with Gasteiger partial charge in [-0.3, -0.25) is 4.79 Å². The fourth-order valence-corrected chi connectivity index (χ4v) is 2.08. The Morgan fingerprint density at radius 1 is 1.44 bits per heavy atom. The number of Topliss-reactive ketones (excluding diaryl/α,β-unsaturated/α-hetero) is 1. The SMILES string of the molecule is COc1cccc(-c2csc(C(C)=O)n2)c1. The molecule has 0 N–H and O–H groups in total. The predicted molar refractivity (Wildman–Crippen MR) is 64.1 cm³/mol. The van der Waals surface area contributed by atoms with Crippen LogP contribution in [0.4, 0.5) is 0 Å². The number of carbonyl (C=O) groups is 1. The summed E-state index contributed by atoms with van der Waals surface area (Å²) in [5.74, 6) is 0.786. The smallest absolute Gasteiger partial charge is 0.188 e. The highest BCUT2D eigenvalue weighted by Gasteiger charge is 2.08. The average Bonchev–Trinajstić information content (AvgIpc) is 2.78. The maximum absolute atomic E-state index is 11.1. The van der Waals surface area contributed by atoms with Crippen LogP contribution in [0.15, 0.2) is 29.6 Å². The normalized spacial score (nSPS) is 10.1. The van der Waals surface area contributed by atoms with Crippen LogP contribution in [0.1, 0.15) is 16.7 Å². The van der Waals surface area contributed by atoms with E-state index in [-0.39, 0.29) is 5.78 Å². The molecule has 0 amide bonds. The number of aromatic nitrogens is 1. The Morgan fingerprint density at radius 3 is 2.88 bits per heavy atom. The molecule has 0 radical (unpaired) electrons. The lowest BCUT2D eigenvalue weighted by atomic mass is 10.2. The lowest BCUT2D eigenvalue weighted by Gasteiger charge is -2.01. The van der Waals surface area contributed by atoms with Crippen LogP contribution in [-0.4, -0.2) is 17.9 Å². The van der Waals surface area contributed by atoms with Gasteiger partial charge in [-0.25, -0.2) is 4.98 Å². The summed E-state index contributed by atoms with van der Waals surface area (Å²) in [7, 11) is 1.63. The van der Waals surface area contributed by atoms with Crippen LogP contribution in [0.2, 0.25) is 0 Å². The number of ketones is 1. The third-order valence-corrected chi connectivity index (χ3v) is 3.11. The van der Waals surface area contributed by atoms with E-state index in [1.807, 2.05) is 29.6 Å². The molecular formula is C12H11NO2S. The number of benzene rings is 1. The van der Waals surface area contributed by atoms with E-state index in [9.17, 15) is 4.79 Å². The molecule has 0 unspecified atom stereocenters. The van der Waals surface area contributed by atoms with Gasteiger partial charge in [0, 0.05) is 17.9 Å². The van der Waals surface area contributed by atoms with Gasteiger partial charge in [-0.1, -0.05) is 12.1 Å². The highest BCUT2D eigenvalue weighted by Crippen LogP contribution is 2.25. The van der Waals surface area contributed by atoms with Crippen LogP contribution in [0.3, 0.4) is 0 Å². The Morgan fingerprint density at radius 2 is 2.25 bits per heavy atom. The highest BCUT2D eigenvalue weighted by atomic mass is 32.1. The van der Waals surface area contributed by atoms with Gasteiger partial charge in [0.15, 0.2) is 10.8 Å². The molecule has 0 aliphatic carbocycles. The summed E-state index contributed by atoms with van der Waals surface area (Å²) in [5, 5.41) is 2.42. The van der Waals surface area contributed by atoms with Gasteiger partial charge >= 0.3 is 0 Å². The van der Waals surface area contributed by atoms with Crippen LogP contribution < -0.4 is 4.74 Å². The van der Waals surface area contributed by atoms with Crippen molar-refractivity contribution in [3.63, 3.8) is 0 Å². The van der Waals surface area contributed by atoms with Crippen molar-refractivity contribution >= 4 is 17.1 Å². The largest absolute Gasteiger partial charge is 0.497 e. The minimum atomic E-state index is -0.000791. The van der Waals surface area contributed by atoms with E-state index in [1.165, 1.54) is 18.3 Å². The van der Waals surface area contributed by atoms with Gasteiger partial charge < -0.3 is 4.74 Å². The summed E-state index contributed by atoms with van der Waals surface area (Å²) < 4.78 is 5.14. The first-order valence-corrected chi connectivity index (χ1v) is 5.69. The highest BCUT2D eigenvalue weighted by molar-refractivity contribution is 7.12. The van der Waals surface area contributed by atoms with Crippen molar-refractivity contribution in [2.24, 2.45) is 0 Å². The van der Waals surface area contributed by atoms with E-state index in [2.05, 4.69) is 4.98 Å². The molecule has 0 saturated heterocycles. The number of hydrogen-bond acceptors (Lipinski definition) is 4. The Kier molecular flexibility index (Phi) is 3.01. The molecule has 1 heterocycles. The molecule has 2 aromatic rings. The molecule has 3 nitrogen and oxygen atoms in total. The number of carbonyl (C=O) groups excluding carboxylic acids is 1. The van der Waals surface area contributed by atoms with Gasteiger partial charge in [-0.15, -0.1) is 11.3 Å². The zero-order valence-corrected chi connectivity index (χ0v) is 9.88. The van der Waals surface area contributed by atoms with Gasteiger partial charge in [0.2, 0.25) is 0 Å². The molecule has 4 heteroatoms. The number of ether oxygens (including phenoxy) is 1. The van der Waals surface area contributed by atoms with E-state index in [4.69, 9.17) is 4.74 Å². The summed E-state index contributed by atoms with van der Waals surface area (Å²) >= 11 is 1.36. The number of hydrogen-bond donors (Lipinski definition) is 0. The number of rotatable bonds is 3. The van der Waals surface area contributed by atoms with Gasteiger partial charge in [0.1, 0.15) is 5.75 Å². The van der Waals surface area contributed by atoms with Gasteiger partial charge in [-0.2, -0.15) is 0 Å². The van der Waals surface area contributed by atoms with E-state index in [0.717, 1.165) is 17.0 Å². The van der Waals surface area contributed by atoms with Crippen molar-refractivity contribution < 1.29 is 9.53 Å². The molecule has 0 aliphatic rings. The fraction of sp³-hybridized carbons (Fsp3) is 0.167. The summed E-state index contributed by atoms with van der Waals surface area (Å²) in [5.41, 5.74) is 1.78. The minimum Gasteiger partial charge on any atom is -0.497 e. The Balaban J connectivity index is 2.38. The van der Waals surface area contributed by atoms with Crippen LogP contribution in [0.25, 0.3) is 11.3 Å². The lowest BCUT2D eigenvalue weighted by molar-refractivity contribution is 0.101. The first-order valence-electron chi connectivity index (χ1n) is 4.81. The standard InChI is InChI=1S/C12H11NO2S/c1-8(14)12-13-11(7-16-12)9-4-3-5-10(6-9)15-2/h3-7H,1-2H3. The topological polar surface area (TPSA) is 39.2 Å².